The summed E-state index contributed by atoms with van der Waals surface area (Å²) in [5, 5.41) is 44.8. The quantitative estimate of drug-likeness (QED) is 0.384. The maximum Gasteiger partial charge on any atom is 0.522 e. The average Bonchev–Trinajstić information content (AvgIpc) is 2.85. The van der Waals surface area contributed by atoms with E-state index in [2.05, 4.69) is 9.64 Å². The van der Waals surface area contributed by atoms with Crippen LogP contribution in [0.25, 0.3) is 0 Å². The van der Waals surface area contributed by atoms with E-state index in [1.54, 1.807) is 6.92 Å². The monoisotopic (exact) mass is 601 g/mol. The Morgan fingerprint density at radius 3 is 2.14 bits per heavy atom. The molecule has 0 bridgehead atoms. The number of ether oxygens (including phenoxy) is 1. The Morgan fingerprint density at radius 2 is 1.60 bits per heavy atom. The highest BCUT2D eigenvalue weighted by atomic mass is 19.4. The van der Waals surface area contributed by atoms with Crippen molar-refractivity contribution in [2.45, 2.75) is 109 Å². The van der Waals surface area contributed by atoms with Crippen molar-refractivity contribution >= 4 is 11.6 Å². The molecule has 238 valence electrons. The Kier molecular flexibility index (Phi) is 8.21. The minimum Gasteiger partial charge on any atom is -0.512 e. The molecular formula is C31H46F3NO7. The van der Waals surface area contributed by atoms with E-state index in [0.717, 1.165) is 0 Å². The van der Waals surface area contributed by atoms with E-state index in [9.17, 15) is 43.2 Å². The van der Waals surface area contributed by atoms with E-state index >= 15 is 0 Å². The van der Waals surface area contributed by atoms with Crippen LogP contribution in [0, 0.1) is 46.3 Å². The minimum absolute atomic E-state index is 0.0427. The van der Waals surface area contributed by atoms with E-state index in [0.29, 0.717) is 32.1 Å². The highest BCUT2D eigenvalue weighted by Crippen LogP contribution is 2.64. The van der Waals surface area contributed by atoms with Gasteiger partial charge in [-0.1, -0.05) is 6.92 Å². The lowest BCUT2D eigenvalue weighted by molar-refractivity contribution is -0.346. The molecule has 0 radical (unpaired) electrons. The molecular weight excluding hydrogens is 555 g/mol. The number of Topliss-reactive ketones (excluding diaryl/α,β-unsaturated/α-hetero) is 2. The standard InChI is InChI=1S/C31H46F3NO7/c1-14(36)22-21(37)13-29(2)12-16-10-19-20(35(4)5)11-18(15-6-8-17(9-7-15)42-31(32,33)34)25(38)24(19)26(39)23(16)28(41)30(29,3)27(22)40/h14-20,23-25,28,36-38,41H,6-13H2,1-5H3/t14?,15?,16-,17?,18?,19?,20?,23?,24?,25?,28?,29-,30-/m0/s1. The van der Waals surface area contributed by atoms with Gasteiger partial charge < -0.3 is 25.3 Å². The normalized spacial score (nSPS) is 47.1. The van der Waals surface area contributed by atoms with Crippen molar-refractivity contribution in [3.8, 4) is 0 Å². The van der Waals surface area contributed by atoms with Gasteiger partial charge in [0.25, 0.3) is 0 Å². The summed E-state index contributed by atoms with van der Waals surface area (Å²) in [5.41, 5.74) is -2.36. The lowest BCUT2D eigenvalue weighted by Crippen LogP contribution is -2.68. The van der Waals surface area contributed by atoms with Crippen molar-refractivity contribution < 1.29 is 47.9 Å². The number of carbonyl (C=O) groups is 2. The van der Waals surface area contributed by atoms with Crippen LogP contribution < -0.4 is 0 Å². The summed E-state index contributed by atoms with van der Waals surface area (Å²) in [5.74, 6) is -3.38. The lowest BCUT2D eigenvalue weighted by Gasteiger charge is -2.62. The van der Waals surface area contributed by atoms with Gasteiger partial charge in [-0.15, -0.1) is 13.2 Å². The fourth-order valence-electron chi connectivity index (χ4n) is 9.98. The van der Waals surface area contributed by atoms with E-state index in [-0.39, 0.29) is 66.1 Å². The van der Waals surface area contributed by atoms with Crippen molar-refractivity contribution in [1.29, 1.82) is 0 Å². The molecule has 42 heavy (non-hydrogen) atoms. The van der Waals surface area contributed by atoms with Crippen molar-refractivity contribution in [2.24, 2.45) is 46.3 Å². The number of hydrogen-bond donors (Lipinski definition) is 4. The summed E-state index contributed by atoms with van der Waals surface area (Å²) in [4.78, 5) is 30.3. The van der Waals surface area contributed by atoms with Crippen molar-refractivity contribution in [2.75, 3.05) is 14.1 Å². The highest BCUT2D eigenvalue weighted by molar-refractivity contribution is 6.03. The zero-order valence-corrected chi connectivity index (χ0v) is 25.1. The number of nitrogens with zero attached hydrogens (tertiary/aromatic N) is 1. The van der Waals surface area contributed by atoms with E-state index in [1.807, 2.05) is 21.0 Å². The summed E-state index contributed by atoms with van der Waals surface area (Å²) < 4.78 is 42.6. The van der Waals surface area contributed by atoms with Crippen LogP contribution in [0.1, 0.15) is 72.1 Å². The minimum atomic E-state index is -4.69. The topological polar surface area (TPSA) is 128 Å². The maximum absolute atomic E-state index is 14.4. The van der Waals surface area contributed by atoms with Gasteiger partial charge in [-0.25, -0.2) is 0 Å². The number of ketones is 2. The second kappa shape index (κ2) is 10.8. The highest BCUT2D eigenvalue weighted by Gasteiger charge is 2.68. The molecule has 0 heterocycles. The number of aliphatic hydroxyl groups excluding tert-OH is 4. The lowest BCUT2D eigenvalue weighted by atomic mass is 9.42. The summed E-state index contributed by atoms with van der Waals surface area (Å²) in [6.45, 7) is 4.89. The molecule has 11 atom stereocenters. The number of hydrogen-bond acceptors (Lipinski definition) is 8. The molecule has 5 aliphatic carbocycles. The van der Waals surface area contributed by atoms with E-state index in [1.165, 1.54) is 6.92 Å². The third kappa shape index (κ3) is 4.95. The summed E-state index contributed by atoms with van der Waals surface area (Å²) in [6.07, 6.45) is -6.05. The van der Waals surface area contributed by atoms with Gasteiger partial charge in [0.1, 0.15) is 11.5 Å². The van der Waals surface area contributed by atoms with Gasteiger partial charge in [0, 0.05) is 24.3 Å². The van der Waals surface area contributed by atoms with E-state index in [4.69, 9.17) is 0 Å². The van der Waals surface area contributed by atoms with Crippen LogP contribution in [-0.2, 0) is 14.3 Å². The molecule has 11 heteroatoms. The molecule has 0 aromatic rings. The molecule has 5 aliphatic rings. The molecule has 0 spiro atoms. The van der Waals surface area contributed by atoms with Gasteiger partial charge in [-0.3, -0.25) is 14.3 Å². The third-order valence-corrected chi connectivity index (χ3v) is 12.2. The second-order valence-corrected chi connectivity index (χ2v) is 14.6. The number of carbonyl (C=O) groups excluding carboxylic acids is 2. The first-order valence-electron chi connectivity index (χ1n) is 15.4. The Labute approximate surface area is 245 Å². The summed E-state index contributed by atoms with van der Waals surface area (Å²) in [6, 6.07) is -0.0427. The van der Waals surface area contributed by atoms with Crippen LogP contribution in [-0.4, -0.2) is 87.8 Å². The first-order chi connectivity index (χ1) is 19.4. The van der Waals surface area contributed by atoms with Crippen molar-refractivity contribution in [1.82, 2.24) is 4.90 Å². The fourth-order valence-corrected chi connectivity index (χ4v) is 9.98. The Morgan fingerprint density at radius 1 is 0.976 bits per heavy atom. The first-order valence-corrected chi connectivity index (χ1v) is 15.4. The molecule has 4 fully saturated rings. The number of fused-ring (bicyclic) bond motifs is 3. The SMILES string of the molecule is CC(O)C1=C(O)C[C@]2(C)C[C@@H]3CC4C(C(=O)C3C(O)[C@]2(C)C1=O)C(O)C(C1CCC(OC(F)(F)F)CC1)CC4N(C)C. The number of halogens is 3. The molecule has 0 aliphatic heterocycles. The zero-order chi connectivity index (χ0) is 31.1. The number of aliphatic hydroxyl groups is 4. The van der Waals surface area contributed by atoms with Crippen LogP contribution in [0.2, 0.25) is 0 Å². The number of allylic oxidation sites excluding steroid dienone is 1. The molecule has 5 rings (SSSR count). The predicted molar refractivity (Wildman–Crippen MR) is 146 cm³/mol. The molecule has 4 N–H and O–H groups in total. The van der Waals surface area contributed by atoms with Gasteiger partial charge in [-0.05, 0) is 102 Å². The molecule has 0 aromatic heterocycles. The van der Waals surface area contributed by atoms with Crippen LogP contribution in [0.15, 0.2) is 11.3 Å². The van der Waals surface area contributed by atoms with Gasteiger partial charge >= 0.3 is 6.36 Å². The van der Waals surface area contributed by atoms with Crippen LogP contribution >= 0.6 is 0 Å². The Hall–Kier alpha value is -1.53. The molecule has 0 aromatic carbocycles. The van der Waals surface area contributed by atoms with Crippen molar-refractivity contribution in [3.63, 3.8) is 0 Å². The van der Waals surface area contributed by atoms with Gasteiger partial charge in [0.05, 0.1) is 35.4 Å². The Balaban J connectivity index is 1.43. The first kappa shape index (κ1) is 31.9. The molecule has 0 saturated heterocycles. The van der Waals surface area contributed by atoms with Gasteiger partial charge in [-0.2, -0.15) is 0 Å². The van der Waals surface area contributed by atoms with Gasteiger partial charge in [0.2, 0.25) is 0 Å². The average molecular weight is 602 g/mol. The van der Waals surface area contributed by atoms with Crippen LogP contribution in [0.3, 0.4) is 0 Å². The van der Waals surface area contributed by atoms with Crippen LogP contribution in [0.5, 0.6) is 0 Å². The molecule has 8 nitrogen and oxygen atoms in total. The Bertz CT molecular complexity index is 1120. The second-order valence-electron chi connectivity index (χ2n) is 14.6. The fraction of sp³-hybridized carbons (Fsp3) is 0.871. The third-order valence-electron chi connectivity index (χ3n) is 12.2. The molecule has 0 amide bonds. The summed E-state index contributed by atoms with van der Waals surface area (Å²) in [7, 11) is 3.88. The summed E-state index contributed by atoms with van der Waals surface area (Å²) >= 11 is 0. The van der Waals surface area contributed by atoms with E-state index < -0.39 is 59.2 Å². The maximum atomic E-state index is 14.4. The smallest absolute Gasteiger partial charge is 0.512 e. The number of rotatable bonds is 4. The molecule has 8 unspecified atom stereocenters. The molecule has 4 saturated carbocycles. The zero-order valence-electron chi connectivity index (χ0n) is 25.1. The van der Waals surface area contributed by atoms with Crippen LogP contribution in [0.4, 0.5) is 13.2 Å². The largest absolute Gasteiger partial charge is 0.522 e. The predicted octanol–water partition coefficient (Wildman–Crippen LogP) is 3.77. The van der Waals surface area contributed by atoms with Gasteiger partial charge in [0.15, 0.2) is 5.78 Å². The number of alkyl halides is 3. The van der Waals surface area contributed by atoms with Crippen molar-refractivity contribution in [3.05, 3.63) is 11.3 Å².